The van der Waals surface area contributed by atoms with Crippen LogP contribution in [0.15, 0.2) is 42.5 Å². The lowest BCUT2D eigenvalue weighted by molar-refractivity contribution is -0.152. The van der Waals surface area contributed by atoms with Gasteiger partial charge in [-0.15, -0.1) is 0 Å². The molecule has 0 bridgehead atoms. The molecule has 0 saturated carbocycles. The first-order chi connectivity index (χ1) is 16.1. The third kappa shape index (κ3) is 6.50. The lowest BCUT2D eigenvalue weighted by atomic mass is 9.87. The fraction of sp³-hybridized carbons (Fsp3) is 0.423. The molecule has 7 nitrogen and oxygen atoms in total. The molecule has 8 heteroatoms. The Morgan fingerprint density at radius 2 is 1.71 bits per heavy atom. The number of nitrogens with zero attached hydrogens (tertiary/aromatic N) is 1. The number of nitrogens with one attached hydrogen (secondary N) is 1. The largest absolute Gasteiger partial charge is 0.495 e. The van der Waals surface area contributed by atoms with Gasteiger partial charge in [0.15, 0.2) is 6.61 Å². The summed E-state index contributed by atoms with van der Waals surface area (Å²) in [6.07, 6.45) is 0.975. The number of methoxy groups -OCH3 is 1. The summed E-state index contributed by atoms with van der Waals surface area (Å²) in [4.78, 5) is 39.3. The predicted octanol–water partition coefficient (Wildman–Crippen LogP) is 4.68. The molecular formula is C26H31ClN2O5. The van der Waals surface area contributed by atoms with Gasteiger partial charge >= 0.3 is 5.97 Å². The van der Waals surface area contributed by atoms with Crippen LogP contribution >= 0.6 is 11.6 Å². The highest BCUT2D eigenvalue weighted by Gasteiger charge is 2.29. The molecule has 1 heterocycles. The summed E-state index contributed by atoms with van der Waals surface area (Å²) in [6, 6.07) is 12.4. The molecule has 2 aromatic carbocycles. The molecule has 1 aliphatic heterocycles. The Balaban J connectivity index is 1.49. The van der Waals surface area contributed by atoms with Crippen LogP contribution in [0.1, 0.15) is 49.5 Å². The van der Waals surface area contributed by atoms with Crippen molar-refractivity contribution in [3.05, 3.63) is 58.6 Å². The van der Waals surface area contributed by atoms with Crippen molar-refractivity contribution in [1.29, 1.82) is 0 Å². The van der Waals surface area contributed by atoms with Crippen LogP contribution in [0.2, 0.25) is 5.02 Å². The molecule has 2 amide bonds. The third-order valence-electron chi connectivity index (χ3n) is 5.89. The van der Waals surface area contributed by atoms with E-state index in [1.54, 1.807) is 35.2 Å². The number of carbonyl (C=O) groups excluding carboxylic acids is 3. The van der Waals surface area contributed by atoms with Gasteiger partial charge < -0.3 is 19.7 Å². The first kappa shape index (κ1) is 25.6. The highest BCUT2D eigenvalue weighted by atomic mass is 35.5. The molecule has 34 heavy (non-hydrogen) atoms. The van der Waals surface area contributed by atoms with E-state index in [1.165, 1.54) is 7.11 Å². The van der Waals surface area contributed by atoms with Crippen LogP contribution in [0.5, 0.6) is 5.75 Å². The topological polar surface area (TPSA) is 84.9 Å². The number of amides is 2. The van der Waals surface area contributed by atoms with Crippen molar-refractivity contribution < 1.29 is 23.9 Å². The number of carbonyl (C=O) groups is 3. The normalized spacial score (nSPS) is 14.4. The quantitative estimate of drug-likeness (QED) is 0.599. The molecule has 3 rings (SSSR count). The first-order valence-corrected chi connectivity index (χ1v) is 11.7. The molecule has 0 unspecified atom stereocenters. The van der Waals surface area contributed by atoms with E-state index in [-0.39, 0.29) is 23.8 Å². The minimum Gasteiger partial charge on any atom is -0.495 e. The van der Waals surface area contributed by atoms with Crippen molar-refractivity contribution in [2.45, 2.75) is 39.0 Å². The van der Waals surface area contributed by atoms with Crippen LogP contribution in [0.25, 0.3) is 0 Å². The SMILES string of the molecule is COc1ccc(C(C)(C)C)cc1NC(=O)COC(=O)C1CCN(C(=O)c2ccc(Cl)cc2)CC1. The van der Waals surface area contributed by atoms with E-state index in [9.17, 15) is 14.4 Å². The Hall–Kier alpha value is -3.06. The minimum absolute atomic E-state index is 0.0886. The summed E-state index contributed by atoms with van der Waals surface area (Å²) in [6.45, 7) is 6.75. The van der Waals surface area contributed by atoms with Crippen LogP contribution in [0, 0.1) is 5.92 Å². The molecule has 0 aromatic heterocycles. The highest BCUT2D eigenvalue weighted by Crippen LogP contribution is 2.31. The number of anilines is 1. The number of piperidine rings is 1. The highest BCUT2D eigenvalue weighted by molar-refractivity contribution is 6.30. The Labute approximate surface area is 205 Å². The van der Waals surface area contributed by atoms with Gasteiger partial charge in [0.05, 0.1) is 18.7 Å². The molecule has 0 radical (unpaired) electrons. The number of ether oxygens (including phenoxy) is 2. The zero-order chi connectivity index (χ0) is 24.9. The summed E-state index contributed by atoms with van der Waals surface area (Å²) in [5.41, 5.74) is 2.04. The third-order valence-corrected chi connectivity index (χ3v) is 6.14. The lowest BCUT2D eigenvalue weighted by Crippen LogP contribution is -2.41. The number of likely N-dealkylation sites (tertiary alicyclic amines) is 1. The zero-order valence-corrected chi connectivity index (χ0v) is 20.8. The second-order valence-electron chi connectivity index (χ2n) is 9.39. The number of benzene rings is 2. The fourth-order valence-electron chi connectivity index (χ4n) is 3.81. The van der Waals surface area contributed by atoms with Gasteiger partial charge in [0.25, 0.3) is 11.8 Å². The van der Waals surface area contributed by atoms with Gasteiger partial charge in [-0.25, -0.2) is 0 Å². The second kappa shape index (κ2) is 10.9. The van der Waals surface area contributed by atoms with Crippen molar-refractivity contribution >= 4 is 35.1 Å². The van der Waals surface area contributed by atoms with Crippen LogP contribution in [0.4, 0.5) is 5.69 Å². The van der Waals surface area contributed by atoms with Crippen LogP contribution in [-0.2, 0) is 19.7 Å². The van der Waals surface area contributed by atoms with Crippen molar-refractivity contribution in [2.24, 2.45) is 5.92 Å². The van der Waals surface area contributed by atoms with Gasteiger partial charge in [-0.2, -0.15) is 0 Å². The van der Waals surface area contributed by atoms with E-state index in [2.05, 4.69) is 26.1 Å². The summed E-state index contributed by atoms with van der Waals surface area (Å²) >= 11 is 5.88. The van der Waals surface area contributed by atoms with Crippen molar-refractivity contribution in [2.75, 3.05) is 32.1 Å². The Kier molecular flexibility index (Phi) is 8.20. The van der Waals surface area contributed by atoms with E-state index in [0.717, 1.165) is 5.56 Å². The van der Waals surface area contributed by atoms with Crippen LogP contribution in [0.3, 0.4) is 0 Å². The Morgan fingerprint density at radius 1 is 1.06 bits per heavy atom. The summed E-state index contributed by atoms with van der Waals surface area (Å²) in [5.74, 6) is -0.766. The molecular weight excluding hydrogens is 456 g/mol. The van der Waals surface area contributed by atoms with Crippen LogP contribution < -0.4 is 10.1 Å². The van der Waals surface area contributed by atoms with E-state index in [4.69, 9.17) is 21.1 Å². The molecule has 1 N–H and O–H groups in total. The van der Waals surface area contributed by atoms with E-state index < -0.39 is 11.9 Å². The summed E-state index contributed by atoms with van der Waals surface area (Å²) < 4.78 is 10.6. The number of hydrogen-bond acceptors (Lipinski definition) is 5. The summed E-state index contributed by atoms with van der Waals surface area (Å²) in [5, 5.41) is 3.34. The maximum Gasteiger partial charge on any atom is 0.309 e. The summed E-state index contributed by atoms with van der Waals surface area (Å²) in [7, 11) is 1.53. The standard InChI is InChI=1S/C26H31ClN2O5/c1-26(2,3)19-7-10-22(33-4)21(15-19)28-23(30)16-34-25(32)18-11-13-29(14-12-18)24(31)17-5-8-20(27)9-6-17/h5-10,15,18H,11-14,16H2,1-4H3,(H,28,30). The lowest BCUT2D eigenvalue weighted by Gasteiger charge is -2.31. The molecule has 0 atom stereocenters. The van der Waals surface area contributed by atoms with E-state index in [1.807, 2.05) is 12.1 Å². The fourth-order valence-corrected chi connectivity index (χ4v) is 3.93. The predicted molar refractivity (Wildman–Crippen MR) is 131 cm³/mol. The van der Waals surface area contributed by atoms with Crippen molar-refractivity contribution in [3.63, 3.8) is 0 Å². The second-order valence-corrected chi connectivity index (χ2v) is 9.83. The maximum absolute atomic E-state index is 12.6. The Morgan fingerprint density at radius 3 is 2.29 bits per heavy atom. The molecule has 0 aliphatic carbocycles. The van der Waals surface area contributed by atoms with Crippen LogP contribution in [-0.4, -0.2) is 49.5 Å². The average Bonchev–Trinajstić information content (AvgIpc) is 2.82. The van der Waals surface area contributed by atoms with Gasteiger partial charge in [-0.05, 0) is 60.2 Å². The Bertz CT molecular complexity index is 1040. The molecule has 182 valence electrons. The van der Waals surface area contributed by atoms with Gasteiger partial charge in [0, 0.05) is 23.7 Å². The zero-order valence-electron chi connectivity index (χ0n) is 20.0. The first-order valence-electron chi connectivity index (χ1n) is 11.3. The van der Waals surface area contributed by atoms with E-state index in [0.29, 0.717) is 48.0 Å². The monoisotopic (exact) mass is 486 g/mol. The maximum atomic E-state index is 12.6. The smallest absolute Gasteiger partial charge is 0.309 e. The van der Waals surface area contributed by atoms with Gasteiger partial charge in [-0.3, -0.25) is 14.4 Å². The molecule has 1 saturated heterocycles. The number of rotatable bonds is 6. The van der Waals surface area contributed by atoms with Crippen molar-refractivity contribution in [1.82, 2.24) is 4.90 Å². The molecule has 2 aromatic rings. The number of hydrogen-bond donors (Lipinski definition) is 1. The van der Waals surface area contributed by atoms with Gasteiger partial charge in [0.1, 0.15) is 5.75 Å². The molecule has 1 aliphatic rings. The minimum atomic E-state index is -0.437. The van der Waals surface area contributed by atoms with Crippen molar-refractivity contribution in [3.8, 4) is 5.75 Å². The molecule has 0 spiro atoms. The van der Waals surface area contributed by atoms with Gasteiger partial charge in [0.2, 0.25) is 0 Å². The average molecular weight is 487 g/mol. The number of halogens is 1. The van der Waals surface area contributed by atoms with E-state index >= 15 is 0 Å². The van der Waals surface area contributed by atoms with Gasteiger partial charge in [-0.1, -0.05) is 38.4 Å². The number of esters is 1. The molecule has 1 fully saturated rings.